The number of nitrogens with zero attached hydrogens (tertiary/aromatic N) is 4. The molecule has 6 rings (SSSR count). The molecule has 4 amide bonds. The molecular formula is C29H14N4O9. The van der Waals surface area contributed by atoms with E-state index in [1.54, 1.807) is 0 Å². The second-order valence-corrected chi connectivity index (χ2v) is 9.29. The van der Waals surface area contributed by atoms with Gasteiger partial charge in [-0.05, 0) is 48.5 Å². The molecule has 0 spiro atoms. The maximum Gasteiger partial charge on any atom is 0.269 e. The molecule has 0 saturated carbocycles. The van der Waals surface area contributed by atoms with Crippen LogP contribution in [-0.2, 0) is 0 Å². The van der Waals surface area contributed by atoms with Gasteiger partial charge in [-0.25, -0.2) is 9.80 Å². The molecule has 0 unspecified atom stereocenters. The second-order valence-electron chi connectivity index (χ2n) is 9.29. The van der Waals surface area contributed by atoms with Gasteiger partial charge in [-0.2, -0.15) is 0 Å². The van der Waals surface area contributed by atoms with Crippen LogP contribution in [0.2, 0.25) is 0 Å². The zero-order valence-corrected chi connectivity index (χ0v) is 21.0. The number of anilines is 2. The van der Waals surface area contributed by atoms with Crippen LogP contribution in [0, 0.1) is 20.2 Å². The van der Waals surface area contributed by atoms with E-state index < -0.39 is 39.3 Å². The highest BCUT2D eigenvalue weighted by molar-refractivity contribution is 6.36. The van der Waals surface area contributed by atoms with Crippen LogP contribution in [0.1, 0.15) is 57.4 Å². The molecule has 13 nitrogen and oxygen atoms in total. The van der Waals surface area contributed by atoms with Gasteiger partial charge in [0.15, 0.2) is 5.78 Å². The third-order valence-electron chi connectivity index (χ3n) is 6.93. The number of carbonyl (C=O) groups is 5. The molecule has 2 heterocycles. The van der Waals surface area contributed by atoms with Crippen molar-refractivity contribution in [3.05, 3.63) is 139 Å². The Morgan fingerprint density at radius 3 is 1.17 bits per heavy atom. The van der Waals surface area contributed by atoms with Gasteiger partial charge >= 0.3 is 0 Å². The Kier molecular flexibility index (Phi) is 5.78. The summed E-state index contributed by atoms with van der Waals surface area (Å²) < 4.78 is 0. The lowest BCUT2D eigenvalue weighted by Gasteiger charge is -2.13. The van der Waals surface area contributed by atoms with Gasteiger partial charge in [0.1, 0.15) is 0 Å². The Balaban J connectivity index is 1.28. The van der Waals surface area contributed by atoms with Crippen molar-refractivity contribution < 1.29 is 33.8 Å². The van der Waals surface area contributed by atoms with E-state index in [2.05, 4.69) is 0 Å². The van der Waals surface area contributed by atoms with Crippen LogP contribution in [0.15, 0.2) is 84.9 Å². The summed E-state index contributed by atoms with van der Waals surface area (Å²) in [5.41, 5.74) is -0.0807. The number of nitro benzene ring substituents is 2. The van der Waals surface area contributed by atoms with Gasteiger partial charge in [0.25, 0.3) is 35.0 Å². The van der Waals surface area contributed by atoms with Gasteiger partial charge in [-0.1, -0.05) is 12.1 Å². The maximum absolute atomic E-state index is 13.4. The van der Waals surface area contributed by atoms with E-state index in [9.17, 15) is 44.2 Å². The smallest absolute Gasteiger partial charge is 0.269 e. The summed E-state index contributed by atoms with van der Waals surface area (Å²) in [6, 6.07) is 17.6. The van der Waals surface area contributed by atoms with Crippen molar-refractivity contribution in [3.8, 4) is 0 Å². The fourth-order valence-electron chi connectivity index (χ4n) is 4.85. The van der Waals surface area contributed by atoms with Crippen LogP contribution in [0.25, 0.3) is 0 Å². The van der Waals surface area contributed by atoms with E-state index in [4.69, 9.17) is 0 Å². The number of non-ortho nitro benzene ring substituents is 2. The number of nitro groups is 2. The predicted molar refractivity (Wildman–Crippen MR) is 145 cm³/mol. The van der Waals surface area contributed by atoms with E-state index in [1.165, 1.54) is 60.7 Å². The fourth-order valence-corrected chi connectivity index (χ4v) is 4.85. The topological polar surface area (TPSA) is 178 Å². The first-order valence-electron chi connectivity index (χ1n) is 12.2. The molecule has 42 heavy (non-hydrogen) atoms. The monoisotopic (exact) mass is 562 g/mol. The Bertz CT molecular complexity index is 1790. The number of imide groups is 2. The number of amides is 4. The summed E-state index contributed by atoms with van der Waals surface area (Å²) in [5.74, 6) is -3.32. The predicted octanol–water partition coefficient (Wildman–Crippen LogP) is 4.34. The van der Waals surface area contributed by atoms with E-state index in [1.807, 2.05) is 0 Å². The molecule has 2 aliphatic heterocycles. The molecule has 4 aromatic rings. The number of carbonyl (C=O) groups excluding carboxylic acids is 5. The van der Waals surface area contributed by atoms with E-state index in [0.29, 0.717) is 0 Å². The number of hydrogen-bond donors (Lipinski definition) is 0. The molecule has 2 aliphatic rings. The van der Waals surface area contributed by atoms with Crippen molar-refractivity contribution in [2.75, 3.05) is 9.80 Å². The molecule has 204 valence electrons. The fraction of sp³-hybridized carbons (Fsp3) is 0. The highest BCUT2D eigenvalue weighted by Gasteiger charge is 2.39. The number of hydrogen-bond acceptors (Lipinski definition) is 9. The Morgan fingerprint density at radius 1 is 0.500 bits per heavy atom. The van der Waals surface area contributed by atoms with E-state index in [-0.39, 0.29) is 56.1 Å². The van der Waals surface area contributed by atoms with Crippen molar-refractivity contribution in [1.29, 1.82) is 0 Å². The molecule has 0 atom stereocenters. The molecule has 4 aromatic carbocycles. The number of rotatable bonds is 6. The lowest BCUT2D eigenvalue weighted by Crippen LogP contribution is -2.29. The Morgan fingerprint density at radius 2 is 0.833 bits per heavy atom. The molecule has 0 aromatic heterocycles. The Hall–Kier alpha value is -6.37. The largest absolute Gasteiger partial charge is 0.289 e. The first-order chi connectivity index (χ1) is 20.1. The standard InChI is InChI=1S/C29H14N4O9/c34-25(15-1-11-21-23(13-15)28(37)30(26(21)35)17-3-7-19(8-4-17)32(39)40)16-2-12-22-24(14-16)29(38)31(27(22)36)18-5-9-20(10-6-18)33(41)42/h1-14H. The number of fused-ring (bicyclic) bond motifs is 2. The lowest BCUT2D eigenvalue weighted by molar-refractivity contribution is -0.385. The van der Waals surface area contributed by atoms with Gasteiger partial charge in [0.05, 0.1) is 43.5 Å². The highest BCUT2D eigenvalue weighted by Crippen LogP contribution is 2.33. The summed E-state index contributed by atoms with van der Waals surface area (Å²) in [4.78, 5) is 87.9. The number of ketones is 1. The minimum absolute atomic E-state index is 0.0408. The molecule has 0 fully saturated rings. The van der Waals surface area contributed by atoms with Crippen molar-refractivity contribution >= 4 is 52.2 Å². The molecule has 0 radical (unpaired) electrons. The van der Waals surface area contributed by atoms with Gasteiger partial charge < -0.3 is 0 Å². The van der Waals surface area contributed by atoms with Gasteiger partial charge in [0, 0.05) is 35.4 Å². The molecule has 0 saturated heterocycles. The third kappa shape index (κ3) is 3.92. The zero-order valence-electron chi connectivity index (χ0n) is 21.0. The average molecular weight is 562 g/mol. The third-order valence-corrected chi connectivity index (χ3v) is 6.93. The minimum atomic E-state index is -0.716. The highest BCUT2D eigenvalue weighted by atomic mass is 16.6. The van der Waals surface area contributed by atoms with E-state index >= 15 is 0 Å². The zero-order chi connectivity index (χ0) is 29.9. The van der Waals surface area contributed by atoms with Crippen LogP contribution < -0.4 is 9.80 Å². The molecule has 13 heteroatoms. The maximum atomic E-state index is 13.4. The van der Waals surface area contributed by atoms with Crippen molar-refractivity contribution in [2.45, 2.75) is 0 Å². The summed E-state index contributed by atoms with van der Waals surface area (Å²) in [7, 11) is 0. The van der Waals surface area contributed by atoms with Crippen LogP contribution in [0.4, 0.5) is 22.7 Å². The van der Waals surface area contributed by atoms with Crippen molar-refractivity contribution in [1.82, 2.24) is 0 Å². The van der Waals surface area contributed by atoms with E-state index in [0.717, 1.165) is 34.1 Å². The normalized spacial score (nSPS) is 13.8. The summed E-state index contributed by atoms with van der Waals surface area (Å²) in [6.07, 6.45) is 0. The molecule has 0 N–H and O–H groups in total. The van der Waals surface area contributed by atoms with Crippen LogP contribution in [-0.4, -0.2) is 39.3 Å². The van der Waals surface area contributed by atoms with Crippen LogP contribution in [0.5, 0.6) is 0 Å². The number of benzene rings is 4. The average Bonchev–Trinajstić information content (AvgIpc) is 3.40. The van der Waals surface area contributed by atoms with Gasteiger partial charge in [-0.3, -0.25) is 44.2 Å². The SMILES string of the molecule is O=C(c1ccc2c(c1)C(=O)N(c1ccc([N+](=O)[O-])cc1)C2=O)c1ccc2c(c1)C(=O)N(c1ccc([N+](=O)[O-])cc1)C2=O. The Labute approximate surface area is 234 Å². The summed E-state index contributed by atoms with van der Waals surface area (Å²) >= 11 is 0. The first-order valence-corrected chi connectivity index (χ1v) is 12.2. The first kappa shape index (κ1) is 25.9. The van der Waals surface area contributed by atoms with Crippen LogP contribution >= 0.6 is 0 Å². The molecular weight excluding hydrogens is 548 g/mol. The molecule has 0 aliphatic carbocycles. The molecule has 0 bridgehead atoms. The lowest BCUT2D eigenvalue weighted by atomic mass is 9.96. The van der Waals surface area contributed by atoms with Crippen molar-refractivity contribution in [3.63, 3.8) is 0 Å². The summed E-state index contributed by atoms with van der Waals surface area (Å²) in [5, 5.41) is 21.9. The summed E-state index contributed by atoms with van der Waals surface area (Å²) in [6.45, 7) is 0. The second kappa shape index (κ2) is 9.38. The van der Waals surface area contributed by atoms with Gasteiger partial charge in [0.2, 0.25) is 0 Å². The van der Waals surface area contributed by atoms with Crippen molar-refractivity contribution in [2.24, 2.45) is 0 Å². The minimum Gasteiger partial charge on any atom is -0.289 e. The quantitative estimate of drug-likeness (QED) is 0.143. The van der Waals surface area contributed by atoms with Gasteiger partial charge in [-0.15, -0.1) is 0 Å². The van der Waals surface area contributed by atoms with Crippen LogP contribution in [0.3, 0.4) is 0 Å².